The summed E-state index contributed by atoms with van der Waals surface area (Å²) < 4.78 is 0. The van der Waals surface area contributed by atoms with Gasteiger partial charge in [-0.25, -0.2) is 4.98 Å². The SMILES string of the molecule is CCSCCCNCc1n[nH]c(C)n1. The zero-order valence-corrected chi connectivity index (χ0v) is 9.65. The van der Waals surface area contributed by atoms with Gasteiger partial charge in [0.2, 0.25) is 0 Å². The highest BCUT2D eigenvalue weighted by atomic mass is 32.2. The fourth-order valence-corrected chi connectivity index (χ4v) is 1.75. The van der Waals surface area contributed by atoms with Crippen LogP contribution in [-0.4, -0.2) is 33.2 Å². The lowest BCUT2D eigenvalue weighted by atomic mass is 10.4. The molecule has 0 fully saturated rings. The van der Waals surface area contributed by atoms with Gasteiger partial charge in [-0.1, -0.05) is 6.92 Å². The largest absolute Gasteiger partial charge is 0.310 e. The molecule has 1 aromatic rings. The molecule has 14 heavy (non-hydrogen) atoms. The summed E-state index contributed by atoms with van der Waals surface area (Å²) in [6.45, 7) is 5.91. The van der Waals surface area contributed by atoms with E-state index in [1.807, 2.05) is 18.7 Å². The fourth-order valence-electron chi connectivity index (χ4n) is 1.11. The summed E-state index contributed by atoms with van der Waals surface area (Å²) in [7, 11) is 0. The molecule has 0 atom stereocenters. The minimum Gasteiger partial charge on any atom is -0.310 e. The van der Waals surface area contributed by atoms with Crippen LogP contribution in [0.15, 0.2) is 0 Å². The van der Waals surface area contributed by atoms with E-state index in [1.165, 1.54) is 17.9 Å². The highest BCUT2D eigenvalue weighted by molar-refractivity contribution is 7.99. The van der Waals surface area contributed by atoms with Gasteiger partial charge in [0.05, 0.1) is 6.54 Å². The van der Waals surface area contributed by atoms with Crippen molar-refractivity contribution in [2.45, 2.75) is 26.8 Å². The molecule has 5 heteroatoms. The van der Waals surface area contributed by atoms with Gasteiger partial charge in [-0.2, -0.15) is 16.9 Å². The molecule has 2 N–H and O–H groups in total. The smallest absolute Gasteiger partial charge is 0.164 e. The van der Waals surface area contributed by atoms with Gasteiger partial charge in [-0.3, -0.25) is 5.10 Å². The Morgan fingerprint density at radius 2 is 2.36 bits per heavy atom. The molecule has 0 aliphatic carbocycles. The van der Waals surface area contributed by atoms with Crippen LogP contribution in [0.25, 0.3) is 0 Å². The summed E-state index contributed by atoms with van der Waals surface area (Å²) in [6, 6.07) is 0. The topological polar surface area (TPSA) is 53.6 Å². The van der Waals surface area contributed by atoms with Gasteiger partial charge in [0.25, 0.3) is 0 Å². The molecule has 0 aliphatic rings. The zero-order chi connectivity index (χ0) is 10.2. The van der Waals surface area contributed by atoms with Gasteiger partial charge in [-0.05, 0) is 31.4 Å². The number of thioether (sulfide) groups is 1. The molecule has 0 saturated carbocycles. The van der Waals surface area contributed by atoms with E-state index in [0.29, 0.717) is 0 Å². The second kappa shape index (κ2) is 6.84. The van der Waals surface area contributed by atoms with Crippen molar-refractivity contribution >= 4 is 11.8 Å². The van der Waals surface area contributed by atoms with Crippen molar-refractivity contribution in [1.82, 2.24) is 20.5 Å². The number of rotatable bonds is 7. The van der Waals surface area contributed by atoms with Gasteiger partial charge in [-0.15, -0.1) is 0 Å². The number of aryl methyl sites for hydroxylation is 1. The fraction of sp³-hybridized carbons (Fsp3) is 0.778. The first-order valence-electron chi connectivity index (χ1n) is 4.99. The summed E-state index contributed by atoms with van der Waals surface area (Å²) >= 11 is 1.98. The van der Waals surface area contributed by atoms with Crippen molar-refractivity contribution in [3.8, 4) is 0 Å². The number of nitrogens with one attached hydrogen (secondary N) is 2. The lowest BCUT2D eigenvalue weighted by Crippen LogP contribution is -2.16. The maximum absolute atomic E-state index is 4.21. The maximum atomic E-state index is 4.21. The molecule has 0 saturated heterocycles. The van der Waals surface area contributed by atoms with Crippen LogP contribution in [0.4, 0.5) is 0 Å². The monoisotopic (exact) mass is 214 g/mol. The van der Waals surface area contributed by atoms with Gasteiger partial charge in [0, 0.05) is 0 Å². The lowest BCUT2D eigenvalue weighted by Gasteiger charge is -2.00. The van der Waals surface area contributed by atoms with Crippen LogP contribution in [-0.2, 0) is 6.54 Å². The number of aromatic nitrogens is 3. The van der Waals surface area contributed by atoms with Gasteiger partial charge in [0.1, 0.15) is 5.82 Å². The minimum atomic E-state index is 0.765. The predicted molar refractivity (Wildman–Crippen MR) is 60.4 cm³/mol. The Bertz CT molecular complexity index is 249. The number of nitrogens with zero attached hydrogens (tertiary/aromatic N) is 2. The van der Waals surface area contributed by atoms with Gasteiger partial charge >= 0.3 is 0 Å². The van der Waals surface area contributed by atoms with Crippen molar-refractivity contribution in [3.63, 3.8) is 0 Å². The van der Waals surface area contributed by atoms with Crippen LogP contribution in [0, 0.1) is 6.92 Å². The molecule has 0 aromatic carbocycles. The standard InChI is InChI=1S/C9H18N4S/c1-3-14-6-4-5-10-7-9-11-8(2)12-13-9/h10H,3-7H2,1-2H3,(H,11,12,13). The Hall–Kier alpha value is -0.550. The Morgan fingerprint density at radius 3 is 3.00 bits per heavy atom. The zero-order valence-electron chi connectivity index (χ0n) is 8.84. The summed E-state index contributed by atoms with van der Waals surface area (Å²) in [5.74, 6) is 4.17. The number of H-pyrrole nitrogens is 1. The van der Waals surface area contributed by atoms with Crippen LogP contribution in [0.2, 0.25) is 0 Å². The molecule has 0 spiro atoms. The molecule has 1 heterocycles. The maximum Gasteiger partial charge on any atom is 0.164 e. The number of aromatic amines is 1. The Balaban J connectivity index is 1.99. The Labute approximate surface area is 89.3 Å². The predicted octanol–water partition coefficient (Wildman–Crippen LogP) is 1.35. The Kier molecular flexibility index (Phi) is 5.63. The second-order valence-electron chi connectivity index (χ2n) is 3.06. The third kappa shape index (κ3) is 4.62. The summed E-state index contributed by atoms with van der Waals surface area (Å²) in [6.07, 6.45) is 1.21. The van der Waals surface area contributed by atoms with E-state index < -0.39 is 0 Å². The van der Waals surface area contributed by atoms with Crippen LogP contribution in [0.5, 0.6) is 0 Å². The van der Waals surface area contributed by atoms with Crippen molar-refractivity contribution in [2.24, 2.45) is 0 Å². The van der Waals surface area contributed by atoms with E-state index in [1.54, 1.807) is 0 Å². The molecular formula is C9H18N4S. The number of hydrogen-bond acceptors (Lipinski definition) is 4. The molecule has 1 rings (SSSR count). The molecule has 4 nitrogen and oxygen atoms in total. The van der Waals surface area contributed by atoms with E-state index in [9.17, 15) is 0 Å². The van der Waals surface area contributed by atoms with Gasteiger partial charge < -0.3 is 5.32 Å². The first-order valence-corrected chi connectivity index (χ1v) is 6.14. The average Bonchev–Trinajstić information content (AvgIpc) is 2.58. The first-order chi connectivity index (χ1) is 6.83. The number of hydrogen-bond donors (Lipinski definition) is 2. The van der Waals surface area contributed by atoms with E-state index >= 15 is 0 Å². The van der Waals surface area contributed by atoms with Crippen LogP contribution in [0.3, 0.4) is 0 Å². The molecule has 0 amide bonds. The minimum absolute atomic E-state index is 0.765. The van der Waals surface area contributed by atoms with Crippen molar-refractivity contribution < 1.29 is 0 Å². The molecule has 0 aliphatic heterocycles. The first kappa shape index (κ1) is 11.5. The summed E-state index contributed by atoms with van der Waals surface area (Å²) in [4.78, 5) is 4.21. The second-order valence-corrected chi connectivity index (χ2v) is 4.46. The van der Waals surface area contributed by atoms with E-state index in [2.05, 4.69) is 27.4 Å². The lowest BCUT2D eigenvalue weighted by molar-refractivity contribution is 0.654. The van der Waals surface area contributed by atoms with E-state index in [4.69, 9.17) is 0 Å². The molecule has 0 bridgehead atoms. The highest BCUT2D eigenvalue weighted by Crippen LogP contribution is 1.99. The molecule has 80 valence electrons. The highest BCUT2D eigenvalue weighted by Gasteiger charge is 1.97. The van der Waals surface area contributed by atoms with Gasteiger partial charge in [0.15, 0.2) is 5.82 Å². The molecule has 0 radical (unpaired) electrons. The average molecular weight is 214 g/mol. The molecule has 0 unspecified atom stereocenters. The molecule has 1 aromatic heterocycles. The summed E-state index contributed by atoms with van der Waals surface area (Å²) in [5, 5.41) is 10.2. The van der Waals surface area contributed by atoms with E-state index in [-0.39, 0.29) is 0 Å². The van der Waals surface area contributed by atoms with Crippen molar-refractivity contribution in [3.05, 3.63) is 11.6 Å². The quantitative estimate of drug-likeness (QED) is 0.673. The third-order valence-electron chi connectivity index (χ3n) is 1.77. The van der Waals surface area contributed by atoms with Crippen molar-refractivity contribution in [1.29, 1.82) is 0 Å². The van der Waals surface area contributed by atoms with Crippen LogP contribution in [0.1, 0.15) is 25.0 Å². The third-order valence-corrected chi connectivity index (χ3v) is 2.76. The summed E-state index contributed by atoms with van der Waals surface area (Å²) in [5.41, 5.74) is 0. The van der Waals surface area contributed by atoms with Crippen molar-refractivity contribution in [2.75, 3.05) is 18.1 Å². The Morgan fingerprint density at radius 1 is 1.50 bits per heavy atom. The van der Waals surface area contributed by atoms with E-state index in [0.717, 1.165) is 24.7 Å². The van der Waals surface area contributed by atoms with Crippen LogP contribution >= 0.6 is 11.8 Å². The molecular weight excluding hydrogens is 196 g/mol. The van der Waals surface area contributed by atoms with Crippen LogP contribution < -0.4 is 5.32 Å². The normalized spacial score (nSPS) is 10.7.